The minimum absolute atomic E-state index is 0.0686. The minimum atomic E-state index is -0.860. The molecule has 0 saturated heterocycles. The molecule has 0 spiro atoms. The molecule has 2 amide bonds. The summed E-state index contributed by atoms with van der Waals surface area (Å²) in [6.07, 6.45) is 42.3. The van der Waals surface area contributed by atoms with E-state index >= 15 is 0 Å². The highest BCUT2D eigenvalue weighted by Gasteiger charge is 2.23. The second kappa shape index (κ2) is 42.1. The fourth-order valence-corrected chi connectivity index (χ4v) is 6.88. The predicted octanol–water partition coefficient (Wildman–Crippen LogP) is 12.5. The summed E-state index contributed by atoms with van der Waals surface area (Å²) in [6.45, 7) is 5.57. The number of methoxy groups -OCH3 is 1. The zero-order valence-electron chi connectivity index (χ0n) is 35.0. The van der Waals surface area contributed by atoms with Gasteiger partial charge in [0, 0.05) is 33.1 Å². The van der Waals surface area contributed by atoms with Gasteiger partial charge in [0.05, 0.1) is 6.61 Å². The Balaban J connectivity index is 4.07. The van der Waals surface area contributed by atoms with Crippen LogP contribution in [0, 0.1) is 0 Å². The van der Waals surface area contributed by atoms with E-state index in [0.717, 1.165) is 44.9 Å². The van der Waals surface area contributed by atoms with E-state index < -0.39 is 12.0 Å². The highest BCUT2D eigenvalue weighted by molar-refractivity contribution is 5.85. The minimum Gasteiger partial charge on any atom is -0.464 e. The molecule has 52 heavy (non-hydrogen) atoms. The van der Waals surface area contributed by atoms with Crippen LogP contribution in [0.4, 0.5) is 0 Å². The van der Waals surface area contributed by atoms with Crippen LogP contribution in [0.15, 0.2) is 0 Å². The van der Waals surface area contributed by atoms with Gasteiger partial charge in [-0.15, -0.1) is 0 Å². The van der Waals surface area contributed by atoms with Crippen LogP contribution in [0.5, 0.6) is 0 Å². The molecular formula is C45H88N2O5. The lowest BCUT2D eigenvalue weighted by molar-refractivity contribution is -0.148. The molecule has 0 radical (unpaired) electrons. The van der Waals surface area contributed by atoms with Gasteiger partial charge in [-0.3, -0.25) is 9.59 Å². The summed E-state index contributed by atoms with van der Waals surface area (Å²) >= 11 is 0. The number of carbonyl (C=O) groups excluding carboxylic acids is 3. The quantitative estimate of drug-likeness (QED) is 0.0481. The first kappa shape index (κ1) is 50.4. The van der Waals surface area contributed by atoms with E-state index in [2.05, 4.69) is 24.5 Å². The van der Waals surface area contributed by atoms with Gasteiger partial charge in [-0.05, 0) is 25.7 Å². The number of rotatable bonds is 42. The van der Waals surface area contributed by atoms with E-state index in [1.54, 1.807) is 7.11 Å². The molecule has 0 aromatic heterocycles. The van der Waals surface area contributed by atoms with Crippen LogP contribution >= 0.6 is 0 Å². The Labute approximate surface area is 323 Å². The number of esters is 1. The number of ether oxygens (including phenoxy) is 2. The van der Waals surface area contributed by atoms with Crippen LogP contribution in [0.1, 0.15) is 239 Å². The highest BCUT2D eigenvalue weighted by atomic mass is 16.5. The molecule has 0 aromatic rings. The Kier molecular flexibility index (Phi) is 40.8. The third-order valence-corrected chi connectivity index (χ3v) is 10.4. The SMILES string of the molecule is CCCCCCCCCCCCCCCCCCOC(=O)C(CNC(=O)CCCCCCCCCCCCCCCCC)NC(=O)CCCCOC. The maximum absolute atomic E-state index is 12.9. The molecule has 308 valence electrons. The lowest BCUT2D eigenvalue weighted by Crippen LogP contribution is -2.49. The molecule has 0 aliphatic rings. The Morgan fingerprint density at radius 1 is 0.423 bits per heavy atom. The second-order valence-corrected chi connectivity index (χ2v) is 15.5. The topological polar surface area (TPSA) is 93.7 Å². The molecule has 0 aromatic carbocycles. The van der Waals surface area contributed by atoms with Gasteiger partial charge in [0.15, 0.2) is 0 Å². The monoisotopic (exact) mass is 737 g/mol. The van der Waals surface area contributed by atoms with Crippen molar-refractivity contribution < 1.29 is 23.9 Å². The molecule has 0 heterocycles. The van der Waals surface area contributed by atoms with E-state index in [9.17, 15) is 14.4 Å². The summed E-state index contributed by atoms with van der Waals surface area (Å²) in [6, 6.07) is -0.860. The molecular weight excluding hydrogens is 649 g/mol. The summed E-state index contributed by atoms with van der Waals surface area (Å²) < 4.78 is 10.6. The van der Waals surface area contributed by atoms with E-state index in [-0.39, 0.29) is 18.4 Å². The van der Waals surface area contributed by atoms with Crippen molar-refractivity contribution >= 4 is 17.8 Å². The van der Waals surface area contributed by atoms with Gasteiger partial charge in [-0.1, -0.05) is 200 Å². The van der Waals surface area contributed by atoms with Gasteiger partial charge in [0.2, 0.25) is 11.8 Å². The number of amides is 2. The number of carbonyl (C=O) groups is 3. The Morgan fingerprint density at radius 3 is 1.15 bits per heavy atom. The van der Waals surface area contributed by atoms with Crippen molar-refractivity contribution in [3.63, 3.8) is 0 Å². The van der Waals surface area contributed by atoms with Crippen molar-refractivity contribution in [1.29, 1.82) is 0 Å². The van der Waals surface area contributed by atoms with Crippen LogP contribution in [0.3, 0.4) is 0 Å². The lowest BCUT2D eigenvalue weighted by Gasteiger charge is -2.18. The summed E-state index contributed by atoms with van der Waals surface area (Å²) in [5, 5.41) is 5.69. The van der Waals surface area contributed by atoms with Crippen molar-refractivity contribution in [3.05, 3.63) is 0 Å². The molecule has 0 bridgehead atoms. The molecule has 1 atom stereocenters. The fourth-order valence-electron chi connectivity index (χ4n) is 6.88. The summed E-state index contributed by atoms with van der Waals surface area (Å²) in [7, 11) is 1.65. The fraction of sp³-hybridized carbons (Fsp3) is 0.933. The van der Waals surface area contributed by atoms with Crippen molar-refractivity contribution in [3.8, 4) is 0 Å². The molecule has 2 N–H and O–H groups in total. The molecule has 7 heteroatoms. The van der Waals surface area contributed by atoms with Gasteiger partial charge >= 0.3 is 5.97 Å². The third kappa shape index (κ3) is 38.1. The van der Waals surface area contributed by atoms with E-state index in [4.69, 9.17) is 9.47 Å². The number of nitrogens with one attached hydrogen (secondary N) is 2. The smallest absolute Gasteiger partial charge is 0.330 e. The van der Waals surface area contributed by atoms with Crippen LogP contribution in [-0.2, 0) is 23.9 Å². The van der Waals surface area contributed by atoms with Crippen LogP contribution in [-0.4, -0.2) is 50.7 Å². The van der Waals surface area contributed by atoms with Crippen molar-refractivity contribution in [2.24, 2.45) is 0 Å². The summed E-state index contributed by atoms with van der Waals surface area (Å²) in [4.78, 5) is 38.1. The highest BCUT2D eigenvalue weighted by Crippen LogP contribution is 2.15. The van der Waals surface area contributed by atoms with E-state index in [1.165, 1.54) is 161 Å². The molecule has 0 aliphatic heterocycles. The molecule has 0 fully saturated rings. The standard InChI is InChI=1S/C45H88N2O5/c1-4-6-8-10-12-14-16-18-20-22-24-26-28-30-32-35-40-52-45(50)42(47-44(49)38-34-36-39-51-3)41-46-43(48)37-33-31-29-27-25-23-21-19-17-15-13-11-9-7-5-2/h42H,4-41H2,1-3H3,(H,46,48)(H,47,49). The molecule has 0 saturated carbocycles. The van der Waals surface area contributed by atoms with Gasteiger partial charge in [-0.2, -0.15) is 0 Å². The van der Waals surface area contributed by atoms with Crippen molar-refractivity contribution in [2.45, 2.75) is 245 Å². The second-order valence-electron chi connectivity index (χ2n) is 15.5. The lowest BCUT2D eigenvalue weighted by atomic mass is 10.0. The molecule has 0 aliphatic carbocycles. The average Bonchev–Trinajstić information content (AvgIpc) is 3.14. The Morgan fingerprint density at radius 2 is 0.750 bits per heavy atom. The predicted molar refractivity (Wildman–Crippen MR) is 221 cm³/mol. The summed E-state index contributed by atoms with van der Waals surface area (Å²) in [5.74, 6) is -0.727. The van der Waals surface area contributed by atoms with E-state index in [0.29, 0.717) is 32.5 Å². The Hall–Kier alpha value is -1.63. The van der Waals surface area contributed by atoms with Gasteiger partial charge in [0.1, 0.15) is 6.04 Å². The third-order valence-electron chi connectivity index (χ3n) is 10.4. The van der Waals surface area contributed by atoms with Crippen LogP contribution in [0.25, 0.3) is 0 Å². The zero-order valence-corrected chi connectivity index (χ0v) is 35.0. The molecule has 1 unspecified atom stereocenters. The first-order valence-corrected chi connectivity index (χ1v) is 22.8. The molecule has 0 rings (SSSR count). The number of hydrogen-bond acceptors (Lipinski definition) is 5. The first-order chi connectivity index (χ1) is 25.5. The van der Waals surface area contributed by atoms with Crippen LogP contribution < -0.4 is 10.6 Å². The normalized spacial score (nSPS) is 11.8. The average molecular weight is 737 g/mol. The van der Waals surface area contributed by atoms with Crippen molar-refractivity contribution in [1.82, 2.24) is 10.6 Å². The number of unbranched alkanes of at least 4 members (excludes halogenated alkanes) is 30. The summed E-state index contributed by atoms with van der Waals surface area (Å²) in [5.41, 5.74) is 0. The maximum Gasteiger partial charge on any atom is 0.330 e. The maximum atomic E-state index is 12.9. The van der Waals surface area contributed by atoms with Gasteiger partial charge in [-0.25, -0.2) is 4.79 Å². The zero-order chi connectivity index (χ0) is 38.0. The Bertz CT molecular complexity index is 777. The number of hydrogen-bond donors (Lipinski definition) is 2. The van der Waals surface area contributed by atoms with E-state index in [1.807, 2.05) is 0 Å². The molecule has 7 nitrogen and oxygen atoms in total. The van der Waals surface area contributed by atoms with Crippen molar-refractivity contribution in [2.75, 3.05) is 26.9 Å². The first-order valence-electron chi connectivity index (χ1n) is 22.8. The van der Waals surface area contributed by atoms with Crippen LogP contribution in [0.2, 0.25) is 0 Å². The van der Waals surface area contributed by atoms with Gasteiger partial charge in [0.25, 0.3) is 0 Å². The van der Waals surface area contributed by atoms with Gasteiger partial charge < -0.3 is 20.1 Å². The largest absolute Gasteiger partial charge is 0.464 e.